The van der Waals surface area contributed by atoms with Crippen molar-refractivity contribution in [3.05, 3.63) is 28.8 Å². The summed E-state index contributed by atoms with van der Waals surface area (Å²) in [6, 6.07) is 5.26. The van der Waals surface area contributed by atoms with Crippen molar-refractivity contribution >= 4 is 17.5 Å². The smallest absolute Gasteiger partial charge is 0.258 e. The average Bonchev–Trinajstić information content (AvgIpc) is 2.26. The SMILES string of the molecule is CC(C)NC(=O)COc1ccc(Cl)cc1CN. The van der Waals surface area contributed by atoms with Crippen molar-refractivity contribution in [3.63, 3.8) is 0 Å². The predicted octanol–water partition coefficient (Wildman–Crippen LogP) is 1.70. The molecule has 0 saturated heterocycles. The molecule has 0 aromatic heterocycles. The van der Waals surface area contributed by atoms with Crippen molar-refractivity contribution in [3.8, 4) is 5.75 Å². The number of nitrogens with one attached hydrogen (secondary N) is 1. The molecule has 1 aromatic carbocycles. The van der Waals surface area contributed by atoms with Crippen LogP contribution in [0.5, 0.6) is 5.75 Å². The fourth-order valence-electron chi connectivity index (χ4n) is 1.36. The van der Waals surface area contributed by atoms with E-state index in [1.165, 1.54) is 0 Å². The molecule has 1 rings (SSSR count). The first kappa shape index (κ1) is 13.8. The van der Waals surface area contributed by atoms with Crippen molar-refractivity contribution < 1.29 is 9.53 Å². The molecule has 1 aromatic rings. The molecule has 0 spiro atoms. The van der Waals surface area contributed by atoms with Gasteiger partial charge in [-0.2, -0.15) is 0 Å². The lowest BCUT2D eigenvalue weighted by atomic mass is 10.2. The molecule has 5 heteroatoms. The van der Waals surface area contributed by atoms with Gasteiger partial charge in [0.15, 0.2) is 6.61 Å². The van der Waals surface area contributed by atoms with Crippen LogP contribution in [-0.2, 0) is 11.3 Å². The van der Waals surface area contributed by atoms with Crippen LogP contribution in [0.15, 0.2) is 18.2 Å². The summed E-state index contributed by atoms with van der Waals surface area (Å²) in [5.74, 6) is 0.439. The van der Waals surface area contributed by atoms with Crippen molar-refractivity contribution in [1.82, 2.24) is 5.32 Å². The monoisotopic (exact) mass is 256 g/mol. The second-order valence-electron chi connectivity index (χ2n) is 3.97. The third-order valence-corrected chi connectivity index (χ3v) is 2.29. The van der Waals surface area contributed by atoms with Gasteiger partial charge >= 0.3 is 0 Å². The van der Waals surface area contributed by atoms with E-state index in [-0.39, 0.29) is 18.6 Å². The fourth-order valence-corrected chi connectivity index (χ4v) is 1.55. The van der Waals surface area contributed by atoms with Crippen molar-refractivity contribution in [1.29, 1.82) is 0 Å². The zero-order valence-corrected chi connectivity index (χ0v) is 10.8. The summed E-state index contributed by atoms with van der Waals surface area (Å²) in [5.41, 5.74) is 6.35. The Kier molecular flexibility index (Phi) is 5.25. The Balaban J connectivity index is 2.60. The number of ether oxygens (including phenoxy) is 1. The zero-order valence-electron chi connectivity index (χ0n) is 10.00. The fraction of sp³-hybridized carbons (Fsp3) is 0.417. The van der Waals surface area contributed by atoms with Crippen LogP contribution in [0.2, 0.25) is 5.02 Å². The van der Waals surface area contributed by atoms with E-state index >= 15 is 0 Å². The molecule has 0 bridgehead atoms. The summed E-state index contributed by atoms with van der Waals surface area (Å²) in [6.07, 6.45) is 0. The minimum absolute atomic E-state index is 0.0210. The van der Waals surface area contributed by atoms with Crippen molar-refractivity contribution in [2.75, 3.05) is 6.61 Å². The maximum Gasteiger partial charge on any atom is 0.258 e. The Morgan fingerprint density at radius 3 is 2.82 bits per heavy atom. The minimum atomic E-state index is -0.155. The second kappa shape index (κ2) is 6.47. The largest absolute Gasteiger partial charge is 0.483 e. The molecule has 4 nitrogen and oxygen atoms in total. The molecule has 3 N–H and O–H groups in total. The van der Waals surface area contributed by atoms with E-state index in [9.17, 15) is 4.79 Å². The normalized spacial score (nSPS) is 10.4. The van der Waals surface area contributed by atoms with Crippen LogP contribution in [0.3, 0.4) is 0 Å². The van der Waals surface area contributed by atoms with Crippen LogP contribution in [0, 0.1) is 0 Å². The van der Waals surface area contributed by atoms with E-state index in [2.05, 4.69) is 5.32 Å². The molecule has 0 saturated carbocycles. The van der Waals surface area contributed by atoms with Crippen LogP contribution in [0.4, 0.5) is 0 Å². The summed E-state index contributed by atoms with van der Waals surface area (Å²) in [7, 11) is 0. The van der Waals surface area contributed by atoms with Gasteiger partial charge in [-0.05, 0) is 32.0 Å². The van der Waals surface area contributed by atoms with Crippen LogP contribution < -0.4 is 15.8 Å². The van der Waals surface area contributed by atoms with E-state index in [0.29, 0.717) is 17.3 Å². The highest BCUT2D eigenvalue weighted by Gasteiger charge is 2.07. The highest BCUT2D eigenvalue weighted by atomic mass is 35.5. The van der Waals surface area contributed by atoms with Gasteiger partial charge in [0, 0.05) is 23.2 Å². The van der Waals surface area contributed by atoms with Gasteiger partial charge < -0.3 is 15.8 Å². The predicted molar refractivity (Wildman–Crippen MR) is 68.1 cm³/mol. The number of nitrogens with two attached hydrogens (primary N) is 1. The van der Waals surface area contributed by atoms with Crippen LogP contribution in [0.25, 0.3) is 0 Å². The van der Waals surface area contributed by atoms with Gasteiger partial charge in [-0.25, -0.2) is 0 Å². The summed E-state index contributed by atoms with van der Waals surface area (Å²) in [4.78, 5) is 11.4. The number of hydrogen-bond donors (Lipinski definition) is 2. The van der Waals surface area contributed by atoms with Crippen LogP contribution >= 0.6 is 11.6 Å². The summed E-state index contributed by atoms with van der Waals surface area (Å²) < 4.78 is 5.40. The first-order valence-corrected chi connectivity index (χ1v) is 5.81. The molecule has 0 aliphatic heterocycles. The van der Waals surface area contributed by atoms with Crippen molar-refractivity contribution in [2.45, 2.75) is 26.4 Å². The lowest BCUT2D eigenvalue weighted by Gasteiger charge is -2.12. The van der Waals surface area contributed by atoms with E-state index in [1.807, 2.05) is 13.8 Å². The van der Waals surface area contributed by atoms with Crippen molar-refractivity contribution in [2.24, 2.45) is 5.73 Å². The second-order valence-corrected chi connectivity index (χ2v) is 4.40. The zero-order chi connectivity index (χ0) is 12.8. The number of halogens is 1. The molecule has 0 atom stereocenters. The van der Waals surface area contributed by atoms with Gasteiger partial charge in [0.1, 0.15) is 5.75 Å². The quantitative estimate of drug-likeness (QED) is 0.843. The minimum Gasteiger partial charge on any atom is -0.483 e. The number of benzene rings is 1. The first-order chi connectivity index (χ1) is 8.02. The Hall–Kier alpha value is -1.26. The number of hydrogen-bond acceptors (Lipinski definition) is 3. The molecule has 17 heavy (non-hydrogen) atoms. The first-order valence-electron chi connectivity index (χ1n) is 5.43. The third-order valence-electron chi connectivity index (χ3n) is 2.05. The van der Waals surface area contributed by atoms with Gasteiger partial charge in [-0.3, -0.25) is 4.79 Å². The highest BCUT2D eigenvalue weighted by molar-refractivity contribution is 6.30. The molecule has 94 valence electrons. The summed E-state index contributed by atoms with van der Waals surface area (Å²) >= 11 is 5.84. The van der Waals surface area contributed by atoms with Crippen LogP contribution in [0.1, 0.15) is 19.4 Å². The Bertz CT molecular complexity index is 394. The van der Waals surface area contributed by atoms with Crippen LogP contribution in [-0.4, -0.2) is 18.6 Å². The summed E-state index contributed by atoms with van der Waals surface area (Å²) in [6.45, 7) is 4.09. The van der Waals surface area contributed by atoms with E-state index in [4.69, 9.17) is 22.1 Å². The van der Waals surface area contributed by atoms with Gasteiger partial charge in [-0.1, -0.05) is 11.6 Å². The van der Waals surface area contributed by atoms with Gasteiger partial charge in [0.2, 0.25) is 0 Å². The summed E-state index contributed by atoms with van der Waals surface area (Å²) in [5, 5.41) is 3.34. The molecular weight excluding hydrogens is 240 g/mol. The molecule has 0 aliphatic carbocycles. The highest BCUT2D eigenvalue weighted by Crippen LogP contribution is 2.22. The Morgan fingerprint density at radius 1 is 1.53 bits per heavy atom. The van der Waals surface area contributed by atoms with E-state index < -0.39 is 0 Å². The number of carbonyl (C=O) groups is 1. The number of amides is 1. The average molecular weight is 257 g/mol. The van der Waals surface area contributed by atoms with Gasteiger partial charge in [0.05, 0.1) is 0 Å². The maximum absolute atomic E-state index is 11.4. The Morgan fingerprint density at radius 2 is 2.24 bits per heavy atom. The molecular formula is C12H17ClN2O2. The molecule has 0 aliphatic rings. The molecule has 1 amide bonds. The molecule has 0 unspecified atom stereocenters. The topological polar surface area (TPSA) is 64.3 Å². The number of carbonyl (C=O) groups excluding carboxylic acids is 1. The lowest BCUT2D eigenvalue weighted by Crippen LogP contribution is -2.34. The third kappa shape index (κ3) is 4.63. The molecule has 0 fully saturated rings. The van der Waals surface area contributed by atoms with E-state index in [0.717, 1.165) is 5.56 Å². The standard InChI is InChI=1S/C12H17ClN2O2/c1-8(2)15-12(16)7-17-11-4-3-10(13)5-9(11)6-14/h3-5,8H,6-7,14H2,1-2H3,(H,15,16). The Labute approximate surface area is 106 Å². The van der Waals surface area contributed by atoms with Gasteiger partial charge in [0.25, 0.3) is 5.91 Å². The maximum atomic E-state index is 11.4. The van der Waals surface area contributed by atoms with E-state index in [1.54, 1.807) is 18.2 Å². The molecule has 0 heterocycles. The number of rotatable bonds is 5. The lowest BCUT2D eigenvalue weighted by molar-refractivity contribution is -0.123. The molecule has 0 radical (unpaired) electrons. The van der Waals surface area contributed by atoms with Gasteiger partial charge in [-0.15, -0.1) is 0 Å².